The third-order valence-corrected chi connectivity index (χ3v) is 6.62. The summed E-state index contributed by atoms with van der Waals surface area (Å²) in [5.41, 5.74) is 6.47. The molecule has 1 atom stereocenters. The van der Waals surface area contributed by atoms with Crippen LogP contribution in [0.5, 0.6) is 0 Å². The number of carbonyl (C=O) groups is 3. The maximum atomic E-state index is 13.0. The highest BCUT2D eigenvalue weighted by Gasteiger charge is 2.39. The summed E-state index contributed by atoms with van der Waals surface area (Å²) in [7, 11) is 1.92. The first kappa shape index (κ1) is 19.5. The van der Waals surface area contributed by atoms with Gasteiger partial charge >= 0.3 is 0 Å². The summed E-state index contributed by atoms with van der Waals surface area (Å²) in [6.45, 7) is 0.343. The number of imide groups is 1. The zero-order chi connectivity index (χ0) is 22.7. The monoisotopic (exact) mass is 439 g/mol. The molecule has 4 heterocycles. The second-order valence-corrected chi connectivity index (χ2v) is 8.55. The molecule has 1 saturated heterocycles. The van der Waals surface area contributed by atoms with Crippen molar-refractivity contribution < 1.29 is 14.4 Å². The van der Waals surface area contributed by atoms with E-state index in [0.717, 1.165) is 38.9 Å². The van der Waals surface area contributed by atoms with Crippen LogP contribution in [0.2, 0.25) is 0 Å². The largest absolute Gasteiger partial charge is 0.361 e. The quantitative estimate of drug-likeness (QED) is 0.479. The van der Waals surface area contributed by atoms with Crippen LogP contribution >= 0.6 is 0 Å². The summed E-state index contributed by atoms with van der Waals surface area (Å²) in [5.74, 6) is -0.862. The van der Waals surface area contributed by atoms with Crippen LogP contribution in [0.15, 0.2) is 54.9 Å². The number of aromatic nitrogens is 3. The van der Waals surface area contributed by atoms with E-state index in [9.17, 15) is 14.4 Å². The molecule has 2 aliphatic heterocycles. The third kappa shape index (κ3) is 2.98. The van der Waals surface area contributed by atoms with Crippen LogP contribution in [0.3, 0.4) is 0 Å². The fourth-order valence-corrected chi connectivity index (χ4v) is 4.99. The molecule has 2 aromatic carbocycles. The summed E-state index contributed by atoms with van der Waals surface area (Å²) in [6.07, 6.45) is 4.36. The van der Waals surface area contributed by atoms with Gasteiger partial charge < -0.3 is 9.88 Å². The van der Waals surface area contributed by atoms with Crippen LogP contribution in [0.4, 0.5) is 0 Å². The van der Waals surface area contributed by atoms with Gasteiger partial charge in [-0.3, -0.25) is 24.4 Å². The molecule has 8 heteroatoms. The first-order valence-corrected chi connectivity index (χ1v) is 10.9. The lowest BCUT2D eigenvalue weighted by molar-refractivity contribution is -0.136. The van der Waals surface area contributed by atoms with E-state index >= 15 is 0 Å². The Hall–Kier alpha value is -4.20. The Morgan fingerprint density at radius 1 is 1.03 bits per heavy atom. The van der Waals surface area contributed by atoms with E-state index in [-0.39, 0.29) is 18.2 Å². The smallest absolute Gasteiger partial charge is 0.255 e. The summed E-state index contributed by atoms with van der Waals surface area (Å²) >= 11 is 0. The topological polar surface area (TPSA) is 100 Å². The average molecular weight is 439 g/mol. The number of nitrogens with one attached hydrogen (secondary N) is 2. The predicted molar refractivity (Wildman–Crippen MR) is 122 cm³/mol. The number of benzene rings is 2. The average Bonchev–Trinajstić information content (AvgIpc) is 3.51. The minimum absolute atomic E-state index is 0.173. The van der Waals surface area contributed by atoms with Gasteiger partial charge in [0.2, 0.25) is 11.8 Å². The van der Waals surface area contributed by atoms with Crippen molar-refractivity contribution in [2.75, 3.05) is 0 Å². The van der Waals surface area contributed by atoms with Crippen molar-refractivity contribution in [2.24, 2.45) is 7.05 Å². The normalized spacial score (nSPS) is 18.2. The molecule has 2 aliphatic rings. The van der Waals surface area contributed by atoms with Crippen molar-refractivity contribution in [3.05, 3.63) is 66.0 Å². The molecular formula is C25H21N5O3. The molecule has 0 aliphatic carbocycles. The van der Waals surface area contributed by atoms with Crippen LogP contribution in [-0.4, -0.2) is 43.4 Å². The van der Waals surface area contributed by atoms with Gasteiger partial charge in [0.05, 0.1) is 17.4 Å². The summed E-state index contributed by atoms with van der Waals surface area (Å²) in [4.78, 5) is 41.7. The molecule has 2 aromatic heterocycles. The molecule has 3 amide bonds. The number of nitrogens with zero attached hydrogens (tertiary/aromatic N) is 3. The second kappa shape index (κ2) is 7.16. The molecular weight excluding hydrogens is 418 g/mol. The molecule has 2 N–H and O–H groups in total. The molecule has 4 aromatic rings. The van der Waals surface area contributed by atoms with Crippen molar-refractivity contribution in [3.63, 3.8) is 0 Å². The fourth-order valence-electron chi connectivity index (χ4n) is 4.99. The van der Waals surface area contributed by atoms with Crippen LogP contribution in [0.25, 0.3) is 33.3 Å². The molecule has 0 bridgehead atoms. The van der Waals surface area contributed by atoms with Gasteiger partial charge in [-0.2, -0.15) is 5.10 Å². The molecule has 0 spiro atoms. The van der Waals surface area contributed by atoms with Crippen molar-refractivity contribution >= 4 is 28.6 Å². The van der Waals surface area contributed by atoms with E-state index in [1.54, 1.807) is 4.90 Å². The lowest BCUT2D eigenvalue weighted by Gasteiger charge is -2.29. The number of H-pyrrole nitrogens is 1. The number of rotatable bonds is 3. The van der Waals surface area contributed by atoms with E-state index in [1.165, 1.54) is 0 Å². The maximum absolute atomic E-state index is 13.0. The first-order valence-electron chi connectivity index (χ1n) is 10.9. The van der Waals surface area contributed by atoms with Crippen molar-refractivity contribution in [2.45, 2.75) is 25.4 Å². The number of fused-ring (bicyclic) bond motifs is 2. The summed E-state index contributed by atoms with van der Waals surface area (Å²) in [5, 5.41) is 7.98. The minimum atomic E-state index is -0.620. The number of hydrogen-bond donors (Lipinski definition) is 2. The minimum Gasteiger partial charge on any atom is -0.361 e. The molecule has 0 radical (unpaired) electrons. The van der Waals surface area contributed by atoms with Crippen molar-refractivity contribution in [1.29, 1.82) is 0 Å². The van der Waals surface area contributed by atoms with E-state index in [0.29, 0.717) is 18.5 Å². The predicted octanol–water partition coefficient (Wildman–Crippen LogP) is 3.00. The van der Waals surface area contributed by atoms with Crippen LogP contribution in [0.1, 0.15) is 28.8 Å². The Morgan fingerprint density at radius 2 is 1.91 bits per heavy atom. The van der Waals surface area contributed by atoms with Gasteiger partial charge in [0.25, 0.3) is 5.91 Å². The van der Waals surface area contributed by atoms with Crippen molar-refractivity contribution in [3.8, 4) is 22.4 Å². The number of carbonyl (C=O) groups excluding carboxylic acids is 3. The molecule has 164 valence electrons. The fraction of sp³-hybridized carbons (Fsp3) is 0.200. The number of para-hydroxylation sites is 1. The van der Waals surface area contributed by atoms with Gasteiger partial charge in [0.15, 0.2) is 0 Å². The first-order chi connectivity index (χ1) is 16.0. The number of amides is 3. The number of hydrogen-bond acceptors (Lipinski definition) is 4. The Labute approximate surface area is 189 Å². The summed E-state index contributed by atoms with van der Waals surface area (Å²) in [6, 6.07) is 13.3. The maximum Gasteiger partial charge on any atom is 0.255 e. The Bertz CT molecular complexity index is 1460. The zero-order valence-electron chi connectivity index (χ0n) is 18.0. The number of piperidine rings is 1. The van der Waals surface area contributed by atoms with Crippen LogP contribution < -0.4 is 5.32 Å². The standard InChI is InChI=1S/C25H21N5O3/c1-29-23(18-4-2-3-14-9-10-26-22(14)18)19(12-27-29)15-5-6-17-16(11-15)13-30(25(17)33)20-7-8-21(31)28-24(20)32/h2-6,9-12,20,26H,7-8,13H2,1H3,(H,28,31,32)/t20-/m0/s1. The van der Waals surface area contributed by atoms with Gasteiger partial charge in [-0.05, 0) is 35.7 Å². The lowest BCUT2D eigenvalue weighted by atomic mass is 9.97. The van der Waals surface area contributed by atoms with E-state index < -0.39 is 11.9 Å². The zero-order valence-corrected chi connectivity index (χ0v) is 18.0. The highest BCUT2D eigenvalue weighted by molar-refractivity contribution is 6.06. The van der Waals surface area contributed by atoms with Gasteiger partial charge in [0.1, 0.15) is 6.04 Å². The number of aromatic amines is 1. The van der Waals surface area contributed by atoms with Gasteiger partial charge in [-0.1, -0.05) is 24.3 Å². The van der Waals surface area contributed by atoms with Crippen LogP contribution in [-0.2, 0) is 23.2 Å². The molecule has 6 rings (SSSR count). The highest BCUT2D eigenvalue weighted by Crippen LogP contribution is 2.37. The van der Waals surface area contributed by atoms with Gasteiger partial charge in [-0.15, -0.1) is 0 Å². The SMILES string of the molecule is Cn1ncc(-c2ccc3c(c2)CN([C@H]2CCC(=O)NC2=O)C3=O)c1-c1cccc2cc[nH]c12. The Balaban J connectivity index is 1.39. The van der Waals surface area contributed by atoms with E-state index in [4.69, 9.17) is 0 Å². The van der Waals surface area contributed by atoms with Gasteiger partial charge in [-0.25, -0.2) is 0 Å². The summed E-state index contributed by atoms with van der Waals surface area (Å²) < 4.78 is 1.86. The molecule has 0 saturated carbocycles. The number of aryl methyl sites for hydroxylation is 1. The Kier molecular flexibility index (Phi) is 4.23. The van der Waals surface area contributed by atoms with E-state index in [1.807, 2.05) is 54.5 Å². The molecule has 1 fully saturated rings. The highest BCUT2D eigenvalue weighted by atomic mass is 16.2. The molecule has 8 nitrogen and oxygen atoms in total. The van der Waals surface area contributed by atoms with Crippen LogP contribution in [0, 0.1) is 0 Å². The third-order valence-electron chi connectivity index (χ3n) is 6.62. The lowest BCUT2D eigenvalue weighted by Crippen LogP contribution is -2.52. The second-order valence-electron chi connectivity index (χ2n) is 8.55. The molecule has 33 heavy (non-hydrogen) atoms. The van der Waals surface area contributed by atoms with Gasteiger partial charge in [0, 0.05) is 48.3 Å². The van der Waals surface area contributed by atoms with E-state index in [2.05, 4.69) is 27.5 Å². The molecule has 0 unspecified atom stereocenters. The Morgan fingerprint density at radius 3 is 2.76 bits per heavy atom. The van der Waals surface area contributed by atoms with Crippen molar-refractivity contribution in [1.82, 2.24) is 25.0 Å².